The van der Waals surface area contributed by atoms with Gasteiger partial charge < -0.3 is 19.8 Å². The van der Waals surface area contributed by atoms with E-state index in [1.807, 2.05) is 18.5 Å². The fourth-order valence-corrected chi connectivity index (χ4v) is 2.95. The van der Waals surface area contributed by atoms with E-state index in [0.29, 0.717) is 24.5 Å². The Balaban J connectivity index is 1.74. The fourth-order valence-electron chi connectivity index (χ4n) is 2.95. The van der Waals surface area contributed by atoms with Gasteiger partial charge in [0.1, 0.15) is 23.1 Å². The van der Waals surface area contributed by atoms with Crippen molar-refractivity contribution in [2.24, 2.45) is 12.8 Å². The minimum absolute atomic E-state index is 0.324. The van der Waals surface area contributed by atoms with Gasteiger partial charge >= 0.3 is 6.36 Å². The van der Waals surface area contributed by atoms with Crippen LogP contribution in [-0.2, 0) is 18.4 Å². The summed E-state index contributed by atoms with van der Waals surface area (Å²) >= 11 is 0. The molecule has 0 spiro atoms. The summed E-state index contributed by atoms with van der Waals surface area (Å²) in [5.74, 6) is 0.836. The molecule has 0 fully saturated rings. The van der Waals surface area contributed by atoms with Gasteiger partial charge in [0.2, 0.25) is 5.91 Å². The quantitative estimate of drug-likeness (QED) is 0.579. The average Bonchev–Trinajstić information content (AvgIpc) is 2.98. The SMILES string of the molecule is CCC(NCc1nc2ccc(Oc3ccc(OC(F)(F)F)cc3)cc2n1C)C(N)=O. The van der Waals surface area contributed by atoms with E-state index < -0.39 is 18.3 Å². The summed E-state index contributed by atoms with van der Waals surface area (Å²) < 4.78 is 48.2. The molecular weight excluding hydrogens is 401 g/mol. The summed E-state index contributed by atoms with van der Waals surface area (Å²) in [6, 6.07) is 9.96. The number of hydrogen-bond donors (Lipinski definition) is 2. The fraction of sp³-hybridized carbons (Fsp3) is 0.300. The van der Waals surface area contributed by atoms with Crippen LogP contribution < -0.4 is 20.5 Å². The number of ether oxygens (including phenoxy) is 2. The second-order valence-electron chi connectivity index (χ2n) is 6.60. The lowest BCUT2D eigenvalue weighted by Gasteiger charge is -2.12. The van der Waals surface area contributed by atoms with Crippen molar-refractivity contribution < 1.29 is 27.4 Å². The largest absolute Gasteiger partial charge is 0.573 e. The molecule has 0 aliphatic heterocycles. The number of nitrogens with zero attached hydrogens (tertiary/aromatic N) is 2. The van der Waals surface area contributed by atoms with Crippen LogP contribution in [0.15, 0.2) is 42.5 Å². The number of carbonyl (C=O) groups is 1. The van der Waals surface area contributed by atoms with E-state index >= 15 is 0 Å². The lowest BCUT2D eigenvalue weighted by atomic mass is 10.2. The van der Waals surface area contributed by atoms with E-state index in [1.54, 1.807) is 18.2 Å². The van der Waals surface area contributed by atoms with E-state index in [2.05, 4.69) is 15.0 Å². The molecule has 3 rings (SSSR count). The van der Waals surface area contributed by atoms with E-state index in [4.69, 9.17) is 10.5 Å². The number of aromatic nitrogens is 2. The van der Waals surface area contributed by atoms with E-state index in [1.165, 1.54) is 24.3 Å². The maximum absolute atomic E-state index is 12.2. The summed E-state index contributed by atoms with van der Waals surface area (Å²) in [6.07, 6.45) is -4.17. The number of benzene rings is 2. The van der Waals surface area contributed by atoms with Crippen molar-refractivity contribution in [3.8, 4) is 17.2 Å². The molecule has 1 atom stereocenters. The molecule has 0 saturated carbocycles. The number of nitrogens with two attached hydrogens (primary N) is 1. The van der Waals surface area contributed by atoms with E-state index in [0.717, 1.165) is 16.9 Å². The van der Waals surface area contributed by atoms with Crippen LogP contribution in [0.25, 0.3) is 11.0 Å². The Hall–Kier alpha value is -3.27. The van der Waals surface area contributed by atoms with Crippen LogP contribution in [0.3, 0.4) is 0 Å². The van der Waals surface area contributed by atoms with Crippen LogP contribution in [0, 0.1) is 0 Å². The summed E-state index contributed by atoms with van der Waals surface area (Å²) in [6.45, 7) is 2.23. The number of halogens is 3. The van der Waals surface area contributed by atoms with Crippen LogP contribution in [-0.4, -0.2) is 27.9 Å². The maximum atomic E-state index is 12.2. The zero-order valence-electron chi connectivity index (χ0n) is 16.4. The van der Waals surface area contributed by atoms with Crippen LogP contribution in [0.4, 0.5) is 13.2 Å². The smallest absolute Gasteiger partial charge is 0.457 e. The van der Waals surface area contributed by atoms with Gasteiger partial charge in [-0.2, -0.15) is 0 Å². The highest BCUT2D eigenvalue weighted by molar-refractivity contribution is 5.80. The molecule has 1 aromatic heterocycles. The highest BCUT2D eigenvalue weighted by Crippen LogP contribution is 2.29. The number of amides is 1. The molecule has 0 aliphatic rings. The molecule has 3 aromatic rings. The summed E-state index contributed by atoms with van der Waals surface area (Å²) in [4.78, 5) is 15.9. The normalized spacial score (nSPS) is 12.7. The van der Waals surface area contributed by atoms with Gasteiger partial charge in [-0.1, -0.05) is 6.92 Å². The van der Waals surface area contributed by atoms with Gasteiger partial charge in [-0.25, -0.2) is 4.98 Å². The number of hydrogen-bond acceptors (Lipinski definition) is 5. The molecule has 0 bridgehead atoms. The first-order valence-electron chi connectivity index (χ1n) is 9.18. The number of imidazole rings is 1. The van der Waals surface area contributed by atoms with Crippen LogP contribution in [0.2, 0.25) is 0 Å². The number of nitrogens with one attached hydrogen (secondary N) is 1. The summed E-state index contributed by atoms with van der Waals surface area (Å²) in [7, 11) is 1.84. The Kier molecular flexibility index (Phi) is 6.16. The van der Waals surface area contributed by atoms with Crippen molar-refractivity contribution in [3.63, 3.8) is 0 Å². The maximum Gasteiger partial charge on any atom is 0.573 e. The topological polar surface area (TPSA) is 91.4 Å². The van der Waals surface area contributed by atoms with Gasteiger partial charge in [0.15, 0.2) is 0 Å². The minimum Gasteiger partial charge on any atom is -0.457 e. The third kappa shape index (κ3) is 5.20. The van der Waals surface area contributed by atoms with Gasteiger partial charge in [-0.3, -0.25) is 10.1 Å². The molecule has 30 heavy (non-hydrogen) atoms. The van der Waals surface area contributed by atoms with Crippen LogP contribution >= 0.6 is 0 Å². The Labute approximate surface area is 170 Å². The molecule has 1 unspecified atom stereocenters. The molecule has 2 aromatic carbocycles. The number of primary amides is 1. The van der Waals surface area contributed by atoms with Gasteiger partial charge in [-0.05, 0) is 42.8 Å². The van der Waals surface area contributed by atoms with Crippen LogP contribution in [0.5, 0.6) is 17.2 Å². The molecule has 160 valence electrons. The number of rotatable bonds is 8. The van der Waals surface area contributed by atoms with Crippen LogP contribution in [0.1, 0.15) is 19.2 Å². The molecule has 0 aliphatic carbocycles. The molecular formula is C20H21F3N4O3. The van der Waals surface area contributed by atoms with Crippen molar-refractivity contribution in [3.05, 3.63) is 48.3 Å². The molecule has 1 amide bonds. The van der Waals surface area contributed by atoms with Gasteiger partial charge in [0, 0.05) is 13.1 Å². The van der Waals surface area contributed by atoms with Crippen molar-refractivity contribution in [1.29, 1.82) is 0 Å². The number of carbonyl (C=O) groups excluding carboxylic acids is 1. The first-order chi connectivity index (χ1) is 14.2. The summed E-state index contributed by atoms with van der Waals surface area (Å²) in [5, 5.41) is 3.08. The molecule has 10 heteroatoms. The number of alkyl halides is 3. The molecule has 3 N–H and O–H groups in total. The Bertz CT molecular complexity index is 1030. The minimum atomic E-state index is -4.74. The lowest BCUT2D eigenvalue weighted by molar-refractivity contribution is -0.274. The highest BCUT2D eigenvalue weighted by Gasteiger charge is 2.31. The van der Waals surface area contributed by atoms with E-state index in [-0.39, 0.29) is 5.75 Å². The summed E-state index contributed by atoms with van der Waals surface area (Å²) in [5.41, 5.74) is 6.89. The predicted molar refractivity (Wildman–Crippen MR) is 104 cm³/mol. The van der Waals surface area contributed by atoms with Gasteiger partial charge in [-0.15, -0.1) is 13.2 Å². The number of fused-ring (bicyclic) bond motifs is 1. The molecule has 0 saturated heterocycles. The Morgan fingerprint density at radius 1 is 1.17 bits per heavy atom. The second-order valence-corrected chi connectivity index (χ2v) is 6.60. The molecule has 1 heterocycles. The zero-order valence-corrected chi connectivity index (χ0v) is 16.4. The zero-order chi connectivity index (χ0) is 21.9. The lowest BCUT2D eigenvalue weighted by Crippen LogP contribution is -2.40. The van der Waals surface area contributed by atoms with Gasteiger partial charge in [0.25, 0.3) is 0 Å². The van der Waals surface area contributed by atoms with E-state index in [9.17, 15) is 18.0 Å². The van der Waals surface area contributed by atoms with Gasteiger partial charge in [0.05, 0.1) is 23.6 Å². The Morgan fingerprint density at radius 3 is 2.40 bits per heavy atom. The molecule has 7 nitrogen and oxygen atoms in total. The van der Waals surface area contributed by atoms with Crippen molar-refractivity contribution in [2.45, 2.75) is 32.3 Å². The standard InChI is InChI=1S/C20H21F3N4O3/c1-3-15(19(24)28)25-11-18-26-16-9-8-14(10-17(16)27(18)2)29-12-4-6-13(7-5-12)30-20(21,22)23/h4-10,15,25H,3,11H2,1-2H3,(H2,24,28). The molecule has 0 radical (unpaired) electrons. The second kappa shape index (κ2) is 8.62. The third-order valence-electron chi connectivity index (χ3n) is 4.50. The van der Waals surface area contributed by atoms with Crippen molar-refractivity contribution in [1.82, 2.24) is 14.9 Å². The predicted octanol–water partition coefficient (Wildman–Crippen LogP) is 3.62. The van der Waals surface area contributed by atoms with Crippen molar-refractivity contribution >= 4 is 16.9 Å². The van der Waals surface area contributed by atoms with Crippen molar-refractivity contribution in [2.75, 3.05) is 0 Å². The highest BCUT2D eigenvalue weighted by atomic mass is 19.4. The Morgan fingerprint density at radius 2 is 1.80 bits per heavy atom. The first-order valence-corrected chi connectivity index (χ1v) is 9.18. The third-order valence-corrected chi connectivity index (χ3v) is 4.50. The first kappa shape index (κ1) is 21.4. The number of aryl methyl sites for hydroxylation is 1. The monoisotopic (exact) mass is 422 g/mol. The average molecular weight is 422 g/mol.